The highest BCUT2D eigenvalue weighted by atomic mass is 16.5. The average Bonchev–Trinajstić information content (AvgIpc) is 2.44. The molecule has 0 saturated heterocycles. The van der Waals surface area contributed by atoms with Crippen molar-refractivity contribution in [3.8, 4) is 5.75 Å². The van der Waals surface area contributed by atoms with E-state index in [1.54, 1.807) is 12.1 Å². The molecule has 0 aliphatic heterocycles. The number of hydrazine groups is 1. The molecule has 0 spiro atoms. The highest BCUT2D eigenvalue weighted by molar-refractivity contribution is 5.79. The summed E-state index contributed by atoms with van der Waals surface area (Å²) in [6.07, 6.45) is 2.36. The molecule has 19 heavy (non-hydrogen) atoms. The fourth-order valence-corrected chi connectivity index (χ4v) is 1.60. The number of ketones is 1. The SMILES string of the molecule is CCCC(=O)COc1ccc(CCC(=O)NN)cc1. The first-order valence-corrected chi connectivity index (χ1v) is 6.38. The Bertz CT molecular complexity index is 415. The summed E-state index contributed by atoms with van der Waals surface area (Å²) in [6.45, 7) is 2.08. The Hall–Kier alpha value is -1.88. The Morgan fingerprint density at radius 3 is 2.47 bits per heavy atom. The van der Waals surface area contributed by atoms with Crippen molar-refractivity contribution in [1.82, 2.24) is 5.43 Å². The van der Waals surface area contributed by atoms with Gasteiger partial charge >= 0.3 is 0 Å². The van der Waals surface area contributed by atoms with E-state index in [1.165, 1.54) is 0 Å². The van der Waals surface area contributed by atoms with Crippen LogP contribution >= 0.6 is 0 Å². The Morgan fingerprint density at radius 2 is 1.89 bits per heavy atom. The molecule has 0 saturated carbocycles. The lowest BCUT2D eigenvalue weighted by molar-refractivity contribution is -0.121. The minimum atomic E-state index is -0.189. The van der Waals surface area contributed by atoms with Crippen molar-refractivity contribution in [3.63, 3.8) is 0 Å². The number of hydrogen-bond acceptors (Lipinski definition) is 4. The summed E-state index contributed by atoms with van der Waals surface area (Å²) in [7, 11) is 0. The molecule has 0 aliphatic carbocycles. The quantitative estimate of drug-likeness (QED) is 0.422. The molecular formula is C14H20N2O3. The zero-order valence-corrected chi connectivity index (χ0v) is 11.1. The summed E-state index contributed by atoms with van der Waals surface area (Å²) < 4.78 is 5.37. The van der Waals surface area contributed by atoms with Crippen LogP contribution in [-0.2, 0) is 16.0 Å². The zero-order chi connectivity index (χ0) is 14.1. The monoisotopic (exact) mass is 264 g/mol. The van der Waals surface area contributed by atoms with Crippen LogP contribution in [0.5, 0.6) is 5.75 Å². The molecule has 0 fully saturated rings. The first-order chi connectivity index (χ1) is 9.15. The molecule has 0 aliphatic rings. The van der Waals surface area contributed by atoms with Gasteiger partial charge in [-0.2, -0.15) is 0 Å². The van der Waals surface area contributed by atoms with Crippen LogP contribution in [0.25, 0.3) is 0 Å². The standard InChI is InChI=1S/C14H20N2O3/c1-2-3-12(17)10-19-13-7-4-11(5-8-13)6-9-14(18)16-15/h4-5,7-8H,2-3,6,9-10,15H2,1H3,(H,16,18). The van der Waals surface area contributed by atoms with Gasteiger partial charge in [-0.05, 0) is 30.5 Å². The Kier molecular flexibility index (Phi) is 6.60. The normalized spacial score (nSPS) is 10.0. The van der Waals surface area contributed by atoms with E-state index in [2.05, 4.69) is 5.43 Å². The first-order valence-electron chi connectivity index (χ1n) is 6.38. The second-order valence-electron chi connectivity index (χ2n) is 4.29. The van der Waals surface area contributed by atoms with Crippen molar-refractivity contribution < 1.29 is 14.3 Å². The molecule has 0 atom stereocenters. The molecule has 104 valence electrons. The van der Waals surface area contributed by atoms with E-state index in [0.29, 0.717) is 25.0 Å². The van der Waals surface area contributed by atoms with E-state index >= 15 is 0 Å². The smallest absolute Gasteiger partial charge is 0.234 e. The number of ether oxygens (including phenoxy) is 1. The molecule has 0 bridgehead atoms. The van der Waals surface area contributed by atoms with Crippen molar-refractivity contribution in [2.75, 3.05) is 6.61 Å². The van der Waals surface area contributed by atoms with Gasteiger partial charge in [-0.1, -0.05) is 19.1 Å². The van der Waals surface area contributed by atoms with Crippen LogP contribution in [0, 0.1) is 0 Å². The number of nitrogens with two attached hydrogens (primary N) is 1. The number of aryl methyl sites for hydroxylation is 1. The van der Waals surface area contributed by atoms with E-state index in [1.807, 2.05) is 19.1 Å². The van der Waals surface area contributed by atoms with Crippen molar-refractivity contribution in [1.29, 1.82) is 0 Å². The van der Waals surface area contributed by atoms with Gasteiger partial charge in [0.05, 0.1) is 0 Å². The van der Waals surface area contributed by atoms with Crippen LogP contribution in [-0.4, -0.2) is 18.3 Å². The van der Waals surface area contributed by atoms with Gasteiger partial charge < -0.3 is 4.74 Å². The Balaban J connectivity index is 2.39. The van der Waals surface area contributed by atoms with E-state index in [9.17, 15) is 9.59 Å². The molecular weight excluding hydrogens is 244 g/mol. The van der Waals surface area contributed by atoms with Crippen LogP contribution in [0.3, 0.4) is 0 Å². The fourth-order valence-electron chi connectivity index (χ4n) is 1.60. The minimum Gasteiger partial charge on any atom is -0.486 e. The van der Waals surface area contributed by atoms with Gasteiger partial charge in [0.25, 0.3) is 0 Å². The predicted octanol–water partition coefficient (Wildman–Crippen LogP) is 1.36. The van der Waals surface area contributed by atoms with Crippen LogP contribution in [0.15, 0.2) is 24.3 Å². The Morgan fingerprint density at radius 1 is 1.21 bits per heavy atom. The number of hydrogen-bond donors (Lipinski definition) is 2. The topological polar surface area (TPSA) is 81.4 Å². The molecule has 3 N–H and O–H groups in total. The number of carbonyl (C=O) groups excluding carboxylic acids is 2. The third kappa shape index (κ3) is 6.01. The molecule has 0 heterocycles. The summed E-state index contributed by atoms with van der Waals surface area (Å²) in [5, 5.41) is 0. The lowest BCUT2D eigenvalue weighted by atomic mass is 10.1. The van der Waals surface area contributed by atoms with Crippen LogP contribution in [0.1, 0.15) is 31.7 Å². The highest BCUT2D eigenvalue weighted by Crippen LogP contribution is 2.13. The van der Waals surface area contributed by atoms with Gasteiger partial charge in [0.1, 0.15) is 12.4 Å². The largest absolute Gasteiger partial charge is 0.486 e. The minimum absolute atomic E-state index is 0.103. The molecule has 0 unspecified atom stereocenters. The molecule has 1 aromatic rings. The fraction of sp³-hybridized carbons (Fsp3) is 0.429. The lowest BCUT2D eigenvalue weighted by Crippen LogP contribution is -2.30. The Labute approximate surface area is 113 Å². The van der Waals surface area contributed by atoms with E-state index < -0.39 is 0 Å². The summed E-state index contributed by atoms with van der Waals surface area (Å²) in [5.41, 5.74) is 3.11. The van der Waals surface area contributed by atoms with Crippen LogP contribution < -0.4 is 16.0 Å². The maximum absolute atomic E-state index is 11.3. The summed E-state index contributed by atoms with van der Waals surface area (Å²) in [5.74, 6) is 5.58. The zero-order valence-electron chi connectivity index (χ0n) is 11.1. The van der Waals surface area contributed by atoms with Crippen molar-refractivity contribution >= 4 is 11.7 Å². The van der Waals surface area contributed by atoms with Crippen LogP contribution in [0.2, 0.25) is 0 Å². The molecule has 0 aromatic heterocycles. The van der Waals surface area contributed by atoms with Crippen molar-refractivity contribution in [3.05, 3.63) is 29.8 Å². The van der Waals surface area contributed by atoms with Crippen molar-refractivity contribution in [2.45, 2.75) is 32.6 Å². The molecule has 0 radical (unpaired) electrons. The van der Waals surface area contributed by atoms with E-state index in [-0.39, 0.29) is 18.3 Å². The molecule has 1 amide bonds. The van der Waals surface area contributed by atoms with Gasteiger partial charge in [-0.3, -0.25) is 15.0 Å². The van der Waals surface area contributed by atoms with Gasteiger partial charge in [0, 0.05) is 12.8 Å². The highest BCUT2D eigenvalue weighted by Gasteiger charge is 2.03. The van der Waals surface area contributed by atoms with Gasteiger partial charge in [0.2, 0.25) is 5.91 Å². The van der Waals surface area contributed by atoms with E-state index in [4.69, 9.17) is 10.6 Å². The van der Waals surface area contributed by atoms with Gasteiger partial charge in [-0.25, -0.2) is 5.84 Å². The lowest BCUT2D eigenvalue weighted by Gasteiger charge is -2.06. The maximum atomic E-state index is 11.3. The third-order valence-electron chi connectivity index (χ3n) is 2.65. The van der Waals surface area contributed by atoms with E-state index in [0.717, 1.165) is 12.0 Å². The second-order valence-corrected chi connectivity index (χ2v) is 4.29. The van der Waals surface area contributed by atoms with Crippen molar-refractivity contribution in [2.24, 2.45) is 5.84 Å². The molecule has 1 rings (SSSR count). The first kappa shape index (κ1) is 15.2. The predicted molar refractivity (Wildman–Crippen MR) is 72.5 cm³/mol. The summed E-state index contributed by atoms with van der Waals surface area (Å²) >= 11 is 0. The van der Waals surface area contributed by atoms with Gasteiger partial charge in [0.15, 0.2) is 5.78 Å². The molecule has 5 nitrogen and oxygen atoms in total. The number of carbonyl (C=O) groups is 2. The second kappa shape index (κ2) is 8.26. The van der Waals surface area contributed by atoms with Gasteiger partial charge in [-0.15, -0.1) is 0 Å². The average molecular weight is 264 g/mol. The number of Topliss-reactive ketones (excluding diaryl/α,β-unsaturated/α-hetero) is 1. The maximum Gasteiger partial charge on any atom is 0.234 e. The number of benzene rings is 1. The number of nitrogens with one attached hydrogen (secondary N) is 1. The number of rotatable bonds is 8. The molecule has 5 heteroatoms. The third-order valence-corrected chi connectivity index (χ3v) is 2.65. The van der Waals surface area contributed by atoms with Crippen LogP contribution in [0.4, 0.5) is 0 Å². The summed E-state index contributed by atoms with van der Waals surface area (Å²) in [4.78, 5) is 22.3. The summed E-state index contributed by atoms with van der Waals surface area (Å²) in [6, 6.07) is 7.36. The number of amides is 1. The molecule has 1 aromatic carbocycles.